The monoisotopic (exact) mass is 454 g/mol. The van der Waals surface area contributed by atoms with Crippen molar-refractivity contribution in [3.8, 4) is 0 Å². The van der Waals surface area contributed by atoms with E-state index in [1.54, 1.807) is 17.0 Å². The van der Waals surface area contributed by atoms with Gasteiger partial charge in [0.05, 0.1) is 31.1 Å². The van der Waals surface area contributed by atoms with Crippen LogP contribution in [-0.4, -0.2) is 87.8 Å². The van der Waals surface area contributed by atoms with Crippen LogP contribution in [0.25, 0.3) is 0 Å². The molecule has 31 heavy (non-hydrogen) atoms. The molecule has 0 aliphatic carbocycles. The van der Waals surface area contributed by atoms with Crippen molar-refractivity contribution < 1.29 is 28.2 Å². The second kappa shape index (κ2) is 10.6. The molecule has 3 rings (SSSR count). The van der Waals surface area contributed by atoms with Crippen LogP contribution in [0.15, 0.2) is 18.2 Å². The summed E-state index contributed by atoms with van der Waals surface area (Å²) in [5, 5.41) is 3.14. The number of ether oxygens (including phenoxy) is 3. The van der Waals surface area contributed by atoms with E-state index in [0.717, 1.165) is 0 Å². The fourth-order valence-electron chi connectivity index (χ4n) is 3.55. The van der Waals surface area contributed by atoms with E-state index in [4.69, 9.17) is 26.4 Å². The lowest BCUT2D eigenvalue weighted by atomic mass is 10.2. The molecule has 2 aliphatic rings. The smallest absolute Gasteiger partial charge is 0.414 e. The van der Waals surface area contributed by atoms with Crippen LogP contribution < -0.4 is 15.1 Å². The second-order valence-corrected chi connectivity index (χ2v) is 7.53. The number of cyclic esters (lactones) is 1. The molecule has 0 radical (unpaired) electrons. The molecular formula is C20H27FN4O5S. The molecule has 0 bridgehead atoms. The molecule has 0 saturated carbocycles. The van der Waals surface area contributed by atoms with E-state index < -0.39 is 18.0 Å². The van der Waals surface area contributed by atoms with E-state index >= 15 is 0 Å². The molecular weight excluding hydrogens is 427 g/mol. The zero-order chi connectivity index (χ0) is 22.4. The summed E-state index contributed by atoms with van der Waals surface area (Å²) in [4.78, 5) is 29.1. The molecule has 2 amide bonds. The predicted octanol–water partition coefficient (Wildman–Crippen LogP) is 1.36. The number of halogens is 1. The summed E-state index contributed by atoms with van der Waals surface area (Å²) in [6.45, 7) is 4.95. The number of benzene rings is 1. The first-order valence-electron chi connectivity index (χ1n) is 10.1. The van der Waals surface area contributed by atoms with Gasteiger partial charge in [0.1, 0.15) is 18.5 Å². The quantitative estimate of drug-likeness (QED) is 0.619. The van der Waals surface area contributed by atoms with Crippen LogP contribution in [0.4, 0.5) is 20.6 Å². The van der Waals surface area contributed by atoms with Gasteiger partial charge in [0.25, 0.3) is 5.17 Å². The summed E-state index contributed by atoms with van der Waals surface area (Å²) in [6, 6.07) is 4.68. The van der Waals surface area contributed by atoms with Gasteiger partial charge in [-0.1, -0.05) is 0 Å². The molecule has 2 heterocycles. The number of anilines is 2. The van der Waals surface area contributed by atoms with Crippen LogP contribution in [0.1, 0.15) is 6.92 Å². The minimum atomic E-state index is -0.536. The largest absolute Gasteiger partial charge is 0.471 e. The number of nitrogens with zero attached hydrogens (tertiary/aromatic N) is 3. The molecule has 1 aromatic rings. The Bertz CT molecular complexity index is 819. The van der Waals surface area contributed by atoms with Crippen LogP contribution in [0.5, 0.6) is 0 Å². The molecule has 2 aliphatic heterocycles. The summed E-state index contributed by atoms with van der Waals surface area (Å²) >= 11 is 5.00. The molecule has 1 aromatic carbocycles. The molecule has 2 fully saturated rings. The highest BCUT2D eigenvalue weighted by Crippen LogP contribution is 2.28. The van der Waals surface area contributed by atoms with Crippen LogP contribution >= 0.6 is 12.2 Å². The van der Waals surface area contributed by atoms with Gasteiger partial charge in [-0.3, -0.25) is 9.69 Å². The molecule has 2 saturated heterocycles. The minimum absolute atomic E-state index is 0.0446. The van der Waals surface area contributed by atoms with Gasteiger partial charge in [-0.25, -0.2) is 9.18 Å². The highest BCUT2D eigenvalue weighted by atomic mass is 32.1. The first-order valence-corrected chi connectivity index (χ1v) is 10.5. The van der Waals surface area contributed by atoms with Crippen molar-refractivity contribution in [3.05, 3.63) is 24.0 Å². The van der Waals surface area contributed by atoms with Crippen molar-refractivity contribution in [1.82, 2.24) is 10.2 Å². The van der Waals surface area contributed by atoms with Gasteiger partial charge < -0.3 is 29.3 Å². The number of rotatable bonds is 7. The Kier molecular flexibility index (Phi) is 7.85. The van der Waals surface area contributed by atoms with Crippen molar-refractivity contribution >= 4 is 40.8 Å². The number of piperazine rings is 1. The van der Waals surface area contributed by atoms with E-state index in [1.165, 1.54) is 18.1 Å². The summed E-state index contributed by atoms with van der Waals surface area (Å²) in [7, 11) is 1.48. The number of amides is 2. The van der Waals surface area contributed by atoms with Crippen LogP contribution in [0.2, 0.25) is 0 Å². The van der Waals surface area contributed by atoms with Gasteiger partial charge in [0.15, 0.2) is 0 Å². The van der Waals surface area contributed by atoms with E-state index in [2.05, 4.69) is 5.32 Å². The number of carbonyl (C=O) groups excluding carboxylic acids is 2. The summed E-state index contributed by atoms with van der Waals surface area (Å²) < 4.78 is 30.2. The lowest BCUT2D eigenvalue weighted by molar-refractivity contribution is -0.135. The third kappa shape index (κ3) is 5.73. The maximum Gasteiger partial charge on any atom is 0.414 e. The number of thiocarbonyl (C=S) groups is 1. The van der Waals surface area contributed by atoms with Crippen molar-refractivity contribution in [2.24, 2.45) is 0 Å². The van der Waals surface area contributed by atoms with E-state index in [1.807, 2.05) is 11.8 Å². The third-order valence-corrected chi connectivity index (χ3v) is 5.37. The highest BCUT2D eigenvalue weighted by molar-refractivity contribution is 7.80. The van der Waals surface area contributed by atoms with Gasteiger partial charge in [-0.15, -0.1) is 0 Å². The maximum atomic E-state index is 14.9. The van der Waals surface area contributed by atoms with Crippen LogP contribution in [-0.2, 0) is 19.0 Å². The zero-order valence-corrected chi connectivity index (χ0v) is 18.5. The van der Waals surface area contributed by atoms with Gasteiger partial charge in [-0.2, -0.15) is 0 Å². The zero-order valence-electron chi connectivity index (χ0n) is 17.6. The standard InChI is InChI=1S/C20H27FN4O5S/c1-3-29-19(31)22-11-15-12-25(20(27)30-15)14-4-5-17(16(21)10-14)23-6-8-24(9-7-23)18(26)13-28-2/h4-5,10,15H,3,6-9,11-13H2,1-2H3,(H,22,31)/t15-/m0/s1. The topological polar surface area (TPSA) is 83.6 Å². The number of hydrogen-bond acceptors (Lipinski definition) is 7. The van der Waals surface area contributed by atoms with E-state index in [0.29, 0.717) is 50.7 Å². The maximum absolute atomic E-state index is 14.9. The Balaban J connectivity index is 1.58. The normalized spacial score (nSPS) is 18.7. The first-order chi connectivity index (χ1) is 14.9. The van der Waals surface area contributed by atoms with Gasteiger partial charge in [0.2, 0.25) is 5.91 Å². The molecule has 1 atom stereocenters. The SMILES string of the molecule is CCOC(=S)NC[C@H]1CN(c2ccc(N3CCN(C(=O)COC)CC3)c(F)c2)C(=O)O1. The van der Waals surface area contributed by atoms with Crippen LogP contribution in [0, 0.1) is 5.82 Å². The summed E-state index contributed by atoms with van der Waals surface area (Å²) in [5.41, 5.74) is 0.866. The molecule has 1 N–H and O–H groups in total. The number of nitrogens with one attached hydrogen (secondary N) is 1. The number of methoxy groups -OCH3 is 1. The predicted molar refractivity (Wildman–Crippen MR) is 117 cm³/mol. The van der Waals surface area contributed by atoms with Crippen molar-refractivity contribution in [2.75, 3.05) is 69.4 Å². The first kappa shape index (κ1) is 23.0. The Hall–Kier alpha value is -2.66. The third-order valence-electron chi connectivity index (χ3n) is 5.11. The van der Waals surface area contributed by atoms with E-state index in [9.17, 15) is 14.0 Å². The van der Waals surface area contributed by atoms with Gasteiger partial charge >= 0.3 is 6.09 Å². The molecule has 0 aromatic heterocycles. The Labute approximate surface area is 186 Å². The van der Waals surface area contributed by atoms with Crippen molar-refractivity contribution in [3.63, 3.8) is 0 Å². The second-order valence-electron chi connectivity index (χ2n) is 7.15. The average Bonchev–Trinajstić information content (AvgIpc) is 3.13. The molecule has 0 spiro atoms. The molecule has 0 unspecified atom stereocenters. The van der Waals surface area contributed by atoms with Crippen molar-refractivity contribution in [1.29, 1.82) is 0 Å². The Morgan fingerprint density at radius 2 is 2.06 bits per heavy atom. The fraction of sp³-hybridized carbons (Fsp3) is 0.550. The average molecular weight is 455 g/mol. The summed E-state index contributed by atoms with van der Waals surface area (Å²) in [5.74, 6) is -0.502. The van der Waals surface area contributed by atoms with Gasteiger partial charge in [-0.05, 0) is 37.3 Å². The molecule has 170 valence electrons. The van der Waals surface area contributed by atoms with E-state index in [-0.39, 0.29) is 24.2 Å². The highest BCUT2D eigenvalue weighted by Gasteiger charge is 2.33. The Morgan fingerprint density at radius 1 is 1.32 bits per heavy atom. The lowest BCUT2D eigenvalue weighted by Gasteiger charge is -2.36. The van der Waals surface area contributed by atoms with Gasteiger partial charge in [0, 0.05) is 33.3 Å². The number of hydrogen-bond donors (Lipinski definition) is 1. The van der Waals surface area contributed by atoms with Crippen molar-refractivity contribution in [2.45, 2.75) is 13.0 Å². The Morgan fingerprint density at radius 3 is 2.71 bits per heavy atom. The summed E-state index contributed by atoms with van der Waals surface area (Å²) in [6.07, 6.45) is -0.960. The molecule has 11 heteroatoms. The number of carbonyl (C=O) groups is 2. The molecule has 9 nitrogen and oxygen atoms in total. The fourth-order valence-corrected chi connectivity index (χ4v) is 3.75. The van der Waals surface area contributed by atoms with Crippen LogP contribution in [0.3, 0.4) is 0 Å². The minimum Gasteiger partial charge on any atom is -0.471 e. The lowest BCUT2D eigenvalue weighted by Crippen LogP contribution is -2.50.